The number of hydrogen-bond donors (Lipinski definition) is 0. The lowest BCUT2D eigenvalue weighted by Crippen LogP contribution is -1.76. The van der Waals surface area contributed by atoms with Crippen LogP contribution in [-0.4, -0.2) is 4.98 Å². The first kappa shape index (κ1) is 7.50. The van der Waals surface area contributed by atoms with Gasteiger partial charge < -0.3 is 0 Å². The lowest BCUT2D eigenvalue weighted by Gasteiger charge is -1.92. The zero-order chi connectivity index (χ0) is 8.39. The minimum Gasteiger partial charge on any atom is -0.256 e. The Morgan fingerprint density at radius 1 is 1.33 bits per heavy atom. The predicted octanol–water partition coefficient (Wildman–Crippen LogP) is 3.12. The molecule has 0 amide bonds. The summed E-state index contributed by atoms with van der Waals surface area (Å²) in [5.74, 6) is 0. The fourth-order valence-corrected chi connectivity index (χ4v) is 1.81. The first-order valence-corrected chi connectivity index (χ1v) is 4.71. The van der Waals surface area contributed by atoms with E-state index < -0.39 is 0 Å². The van der Waals surface area contributed by atoms with Crippen molar-refractivity contribution in [3.8, 4) is 11.3 Å². The van der Waals surface area contributed by atoms with E-state index in [1.165, 1.54) is 10.4 Å². The van der Waals surface area contributed by atoms with Crippen LogP contribution in [0.2, 0.25) is 0 Å². The summed E-state index contributed by atoms with van der Waals surface area (Å²) in [5.41, 5.74) is 2.28. The van der Waals surface area contributed by atoms with Crippen molar-refractivity contribution in [2.24, 2.45) is 0 Å². The maximum atomic E-state index is 4.27. The molecule has 12 heavy (non-hydrogen) atoms. The lowest BCUT2D eigenvalue weighted by molar-refractivity contribution is 1.33. The van der Waals surface area contributed by atoms with Crippen molar-refractivity contribution < 1.29 is 0 Å². The van der Waals surface area contributed by atoms with Gasteiger partial charge in [0.25, 0.3) is 0 Å². The van der Waals surface area contributed by atoms with Crippen LogP contribution in [0.1, 0.15) is 4.88 Å². The summed E-state index contributed by atoms with van der Waals surface area (Å²) in [6, 6.07) is 8.13. The molecule has 0 aliphatic rings. The normalized spacial score (nSPS) is 10.1. The first-order chi connectivity index (χ1) is 5.86. The van der Waals surface area contributed by atoms with Crippen molar-refractivity contribution in [1.82, 2.24) is 4.98 Å². The number of hydrogen-bond acceptors (Lipinski definition) is 2. The molecule has 0 spiro atoms. The van der Waals surface area contributed by atoms with Crippen LogP contribution < -0.4 is 0 Å². The molecule has 0 N–H and O–H groups in total. The largest absolute Gasteiger partial charge is 0.256 e. The van der Waals surface area contributed by atoms with Gasteiger partial charge in [0.2, 0.25) is 0 Å². The van der Waals surface area contributed by atoms with Crippen molar-refractivity contribution in [2.75, 3.05) is 0 Å². The number of aryl methyl sites for hydroxylation is 1. The minimum atomic E-state index is 1.06. The van der Waals surface area contributed by atoms with Gasteiger partial charge in [-0.15, -0.1) is 11.3 Å². The van der Waals surface area contributed by atoms with Crippen LogP contribution in [0.25, 0.3) is 11.3 Å². The molecule has 2 heterocycles. The van der Waals surface area contributed by atoms with Gasteiger partial charge >= 0.3 is 0 Å². The highest BCUT2D eigenvalue weighted by Crippen LogP contribution is 2.22. The molecule has 0 saturated heterocycles. The fraction of sp³-hybridized carbons (Fsp3) is 0.100. The standard InChI is InChI=1S/C10H9NS/c1-8-6-9(7-12-8)10-4-2-3-5-11-10/h2-7H,1H3. The molecule has 2 heteroatoms. The van der Waals surface area contributed by atoms with Gasteiger partial charge in [0.05, 0.1) is 5.69 Å². The Bertz CT molecular complexity index is 364. The highest BCUT2D eigenvalue weighted by molar-refractivity contribution is 7.10. The summed E-state index contributed by atoms with van der Waals surface area (Å²) in [6.07, 6.45) is 1.82. The van der Waals surface area contributed by atoms with Crippen molar-refractivity contribution in [3.05, 3.63) is 40.7 Å². The summed E-state index contributed by atoms with van der Waals surface area (Å²) in [6.45, 7) is 2.11. The van der Waals surface area contributed by atoms with E-state index in [2.05, 4.69) is 23.4 Å². The third-order valence-electron chi connectivity index (χ3n) is 1.69. The van der Waals surface area contributed by atoms with Crippen LogP contribution in [0.5, 0.6) is 0 Å². The second kappa shape index (κ2) is 3.07. The Kier molecular flexibility index (Phi) is 1.92. The van der Waals surface area contributed by atoms with Crippen LogP contribution in [0.15, 0.2) is 35.8 Å². The van der Waals surface area contributed by atoms with Gasteiger partial charge in [-0.3, -0.25) is 4.98 Å². The fourth-order valence-electron chi connectivity index (χ4n) is 1.11. The molecule has 0 saturated carbocycles. The van der Waals surface area contributed by atoms with Gasteiger partial charge in [0.1, 0.15) is 0 Å². The number of pyridine rings is 1. The van der Waals surface area contributed by atoms with E-state index in [0.29, 0.717) is 0 Å². The smallest absolute Gasteiger partial charge is 0.0710 e. The van der Waals surface area contributed by atoms with Gasteiger partial charge in [-0.05, 0) is 25.1 Å². The summed E-state index contributed by atoms with van der Waals surface area (Å²) >= 11 is 1.76. The number of nitrogens with zero attached hydrogens (tertiary/aromatic N) is 1. The average Bonchev–Trinajstić information content (AvgIpc) is 2.54. The van der Waals surface area contributed by atoms with E-state index >= 15 is 0 Å². The number of aromatic nitrogens is 1. The predicted molar refractivity (Wildman–Crippen MR) is 52.3 cm³/mol. The first-order valence-electron chi connectivity index (χ1n) is 3.83. The van der Waals surface area contributed by atoms with E-state index in [9.17, 15) is 0 Å². The van der Waals surface area contributed by atoms with Crippen LogP contribution in [0.3, 0.4) is 0 Å². The molecule has 2 rings (SSSR count). The molecule has 60 valence electrons. The summed E-state index contributed by atoms with van der Waals surface area (Å²) < 4.78 is 0. The molecule has 0 aromatic carbocycles. The second-order valence-corrected chi connectivity index (χ2v) is 3.78. The SMILES string of the molecule is Cc1cc(-c2ccccn2)cs1. The van der Waals surface area contributed by atoms with Gasteiger partial charge in [-0.2, -0.15) is 0 Å². The second-order valence-electron chi connectivity index (χ2n) is 2.66. The van der Waals surface area contributed by atoms with E-state index in [1.807, 2.05) is 24.4 Å². The van der Waals surface area contributed by atoms with E-state index in [0.717, 1.165) is 5.69 Å². The third-order valence-corrected chi connectivity index (χ3v) is 2.55. The maximum absolute atomic E-state index is 4.27. The third kappa shape index (κ3) is 1.38. The molecule has 2 aromatic rings. The van der Waals surface area contributed by atoms with Crippen LogP contribution in [0, 0.1) is 6.92 Å². The average molecular weight is 175 g/mol. The lowest BCUT2D eigenvalue weighted by atomic mass is 10.2. The van der Waals surface area contributed by atoms with Crippen LogP contribution in [-0.2, 0) is 0 Å². The Balaban J connectivity index is 2.45. The van der Waals surface area contributed by atoms with Crippen LogP contribution >= 0.6 is 11.3 Å². The molecule has 0 radical (unpaired) electrons. The highest BCUT2D eigenvalue weighted by atomic mass is 32.1. The quantitative estimate of drug-likeness (QED) is 0.649. The van der Waals surface area contributed by atoms with Crippen molar-refractivity contribution >= 4 is 11.3 Å². The molecule has 0 aliphatic carbocycles. The Morgan fingerprint density at radius 3 is 2.83 bits per heavy atom. The summed E-state index contributed by atoms with van der Waals surface area (Å²) in [7, 11) is 0. The van der Waals surface area contributed by atoms with Gasteiger partial charge in [-0.25, -0.2) is 0 Å². The van der Waals surface area contributed by atoms with Crippen molar-refractivity contribution in [2.45, 2.75) is 6.92 Å². The molecule has 0 fully saturated rings. The Hall–Kier alpha value is -1.15. The Labute approximate surface area is 75.7 Å². The van der Waals surface area contributed by atoms with Gasteiger partial charge in [-0.1, -0.05) is 6.07 Å². The van der Waals surface area contributed by atoms with Gasteiger partial charge in [0, 0.05) is 22.0 Å². The molecular formula is C10H9NS. The molecule has 0 bridgehead atoms. The van der Waals surface area contributed by atoms with E-state index in [1.54, 1.807) is 11.3 Å². The molecule has 2 aromatic heterocycles. The summed E-state index contributed by atoms with van der Waals surface area (Å²) in [4.78, 5) is 5.60. The van der Waals surface area contributed by atoms with Crippen molar-refractivity contribution in [1.29, 1.82) is 0 Å². The zero-order valence-electron chi connectivity index (χ0n) is 6.82. The van der Waals surface area contributed by atoms with Crippen LogP contribution in [0.4, 0.5) is 0 Å². The molecule has 0 unspecified atom stereocenters. The number of thiophene rings is 1. The van der Waals surface area contributed by atoms with Gasteiger partial charge in [0.15, 0.2) is 0 Å². The zero-order valence-corrected chi connectivity index (χ0v) is 7.64. The molecule has 1 nitrogen and oxygen atoms in total. The topological polar surface area (TPSA) is 12.9 Å². The molecular weight excluding hydrogens is 166 g/mol. The Morgan fingerprint density at radius 2 is 2.25 bits per heavy atom. The maximum Gasteiger partial charge on any atom is 0.0710 e. The number of rotatable bonds is 1. The van der Waals surface area contributed by atoms with E-state index in [-0.39, 0.29) is 0 Å². The minimum absolute atomic E-state index is 1.06. The highest BCUT2D eigenvalue weighted by Gasteiger charge is 1.98. The van der Waals surface area contributed by atoms with Crippen molar-refractivity contribution in [3.63, 3.8) is 0 Å². The molecule has 0 aliphatic heterocycles. The molecule has 0 atom stereocenters. The monoisotopic (exact) mass is 175 g/mol. The van der Waals surface area contributed by atoms with E-state index in [4.69, 9.17) is 0 Å². The summed E-state index contributed by atoms with van der Waals surface area (Å²) in [5, 5.41) is 2.14.